The maximum absolute atomic E-state index is 12.9. The third-order valence-corrected chi connectivity index (χ3v) is 4.04. The van der Waals surface area contributed by atoms with Gasteiger partial charge in [0.2, 0.25) is 0 Å². The predicted molar refractivity (Wildman–Crippen MR) is 77.9 cm³/mol. The van der Waals surface area contributed by atoms with Crippen molar-refractivity contribution >= 4 is 5.57 Å². The highest BCUT2D eigenvalue weighted by molar-refractivity contribution is 5.69. The number of alkyl halides is 3. The van der Waals surface area contributed by atoms with Gasteiger partial charge in [0.15, 0.2) is 0 Å². The van der Waals surface area contributed by atoms with Crippen LogP contribution in [0.2, 0.25) is 0 Å². The van der Waals surface area contributed by atoms with Crippen molar-refractivity contribution in [1.82, 2.24) is 0 Å². The van der Waals surface area contributed by atoms with E-state index in [1.807, 2.05) is 13.0 Å². The topological polar surface area (TPSA) is 20.2 Å². The standard InChI is InChI=1S/C17H21F3O/c1-2-12-9-10-14(17(18,19)20)11-16(12)13-5-3-7-15(21)8-4-6-13/h5,9-11,15,21H,2-4,6-8H2,1H3/b13-5-. The van der Waals surface area contributed by atoms with E-state index in [2.05, 4.69) is 0 Å². The fourth-order valence-electron chi connectivity index (χ4n) is 2.83. The summed E-state index contributed by atoms with van der Waals surface area (Å²) in [6.45, 7) is 1.96. The third-order valence-electron chi connectivity index (χ3n) is 4.04. The van der Waals surface area contributed by atoms with Crippen LogP contribution < -0.4 is 0 Å². The molecular weight excluding hydrogens is 277 g/mol. The summed E-state index contributed by atoms with van der Waals surface area (Å²) in [5, 5.41) is 9.64. The van der Waals surface area contributed by atoms with Gasteiger partial charge in [0.05, 0.1) is 11.7 Å². The van der Waals surface area contributed by atoms with Crippen molar-refractivity contribution < 1.29 is 18.3 Å². The summed E-state index contributed by atoms with van der Waals surface area (Å²) in [5.41, 5.74) is 2.08. The number of aryl methyl sites for hydroxylation is 1. The van der Waals surface area contributed by atoms with Gasteiger partial charge in [-0.1, -0.05) is 19.1 Å². The monoisotopic (exact) mass is 298 g/mol. The van der Waals surface area contributed by atoms with E-state index in [1.165, 1.54) is 6.07 Å². The maximum atomic E-state index is 12.9. The second-order valence-corrected chi connectivity index (χ2v) is 5.58. The molecule has 0 fully saturated rings. The Hall–Kier alpha value is -1.29. The zero-order valence-electron chi connectivity index (χ0n) is 12.2. The maximum Gasteiger partial charge on any atom is 0.416 e. The molecule has 2 rings (SSSR count). The Kier molecular flexibility index (Phi) is 5.09. The molecule has 116 valence electrons. The molecule has 1 aromatic carbocycles. The van der Waals surface area contributed by atoms with Crippen molar-refractivity contribution in [3.63, 3.8) is 0 Å². The van der Waals surface area contributed by atoms with E-state index in [0.717, 1.165) is 48.4 Å². The van der Waals surface area contributed by atoms with Gasteiger partial charge in [0.1, 0.15) is 0 Å². The van der Waals surface area contributed by atoms with E-state index < -0.39 is 11.7 Å². The lowest BCUT2D eigenvalue weighted by atomic mass is 9.89. The van der Waals surface area contributed by atoms with E-state index in [1.54, 1.807) is 6.07 Å². The summed E-state index contributed by atoms with van der Waals surface area (Å²) >= 11 is 0. The molecule has 0 spiro atoms. The number of halogens is 3. The first-order valence-corrected chi connectivity index (χ1v) is 7.49. The van der Waals surface area contributed by atoms with Gasteiger partial charge in [-0.15, -0.1) is 0 Å². The van der Waals surface area contributed by atoms with Crippen molar-refractivity contribution in [2.45, 2.75) is 57.7 Å². The molecule has 1 N–H and O–H groups in total. The van der Waals surface area contributed by atoms with Gasteiger partial charge >= 0.3 is 6.18 Å². The first-order chi connectivity index (χ1) is 9.91. The smallest absolute Gasteiger partial charge is 0.393 e. The van der Waals surface area contributed by atoms with Crippen molar-refractivity contribution in [2.24, 2.45) is 0 Å². The molecule has 0 bridgehead atoms. The molecule has 0 amide bonds. The molecule has 21 heavy (non-hydrogen) atoms. The molecule has 1 aliphatic rings. The summed E-state index contributed by atoms with van der Waals surface area (Å²) in [4.78, 5) is 0. The van der Waals surface area contributed by atoms with E-state index in [0.29, 0.717) is 12.8 Å². The lowest BCUT2D eigenvalue weighted by Crippen LogP contribution is -2.09. The van der Waals surface area contributed by atoms with Crippen LogP contribution in [0.25, 0.3) is 5.57 Å². The lowest BCUT2D eigenvalue weighted by Gasteiger charge is -2.19. The van der Waals surface area contributed by atoms with Gasteiger partial charge < -0.3 is 5.11 Å². The normalized spacial score (nSPS) is 23.1. The van der Waals surface area contributed by atoms with Gasteiger partial charge in [-0.05, 0) is 67.4 Å². The van der Waals surface area contributed by atoms with Crippen LogP contribution in [-0.2, 0) is 12.6 Å². The number of aliphatic hydroxyl groups is 1. The van der Waals surface area contributed by atoms with Crippen LogP contribution in [0.15, 0.2) is 24.3 Å². The number of rotatable bonds is 2. The minimum Gasteiger partial charge on any atom is -0.393 e. The molecule has 4 heteroatoms. The van der Waals surface area contributed by atoms with Gasteiger partial charge in [-0.2, -0.15) is 13.2 Å². The second-order valence-electron chi connectivity index (χ2n) is 5.58. The van der Waals surface area contributed by atoms with Crippen LogP contribution in [0.4, 0.5) is 13.2 Å². The second kappa shape index (κ2) is 6.65. The molecule has 0 heterocycles. The highest BCUT2D eigenvalue weighted by Gasteiger charge is 2.31. The molecule has 1 aromatic rings. The van der Waals surface area contributed by atoms with Gasteiger partial charge in [-0.25, -0.2) is 0 Å². The van der Waals surface area contributed by atoms with Crippen LogP contribution in [0.5, 0.6) is 0 Å². The summed E-state index contributed by atoms with van der Waals surface area (Å²) in [7, 11) is 0. The number of benzene rings is 1. The average Bonchev–Trinajstić information content (AvgIpc) is 2.41. The van der Waals surface area contributed by atoms with Crippen LogP contribution in [0.1, 0.15) is 55.7 Å². The minimum absolute atomic E-state index is 0.282. The van der Waals surface area contributed by atoms with Gasteiger partial charge in [-0.3, -0.25) is 0 Å². The highest BCUT2D eigenvalue weighted by Crippen LogP contribution is 2.35. The van der Waals surface area contributed by atoms with Crippen molar-refractivity contribution in [3.8, 4) is 0 Å². The Bertz CT molecular complexity index is 517. The average molecular weight is 298 g/mol. The van der Waals surface area contributed by atoms with E-state index >= 15 is 0 Å². The number of hydrogen-bond acceptors (Lipinski definition) is 1. The predicted octanol–water partition coefficient (Wildman–Crippen LogP) is 4.98. The first-order valence-electron chi connectivity index (χ1n) is 7.49. The van der Waals surface area contributed by atoms with E-state index in [4.69, 9.17) is 0 Å². The quantitative estimate of drug-likeness (QED) is 0.816. The summed E-state index contributed by atoms with van der Waals surface area (Å²) < 4.78 is 38.7. The zero-order valence-corrected chi connectivity index (χ0v) is 12.2. The first kappa shape index (κ1) is 16.1. The zero-order chi connectivity index (χ0) is 15.5. The Balaban J connectivity index is 2.38. The number of hydrogen-bond donors (Lipinski definition) is 1. The largest absolute Gasteiger partial charge is 0.416 e. The number of aliphatic hydroxyl groups excluding tert-OH is 1. The molecular formula is C17H21F3O. The molecule has 1 unspecified atom stereocenters. The Morgan fingerprint density at radius 3 is 2.67 bits per heavy atom. The summed E-state index contributed by atoms with van der Waals surface area (Å²) in [5.74, 6) is 0. The van der Waals surface area contributed by atoms with Crippen LogP contribution in [0, 0.1) is 0 Å². The SMILES string of the molecule is CCc1ccc(C(F)(F)F)cc1/C1=C\CCC(O)CCC1. The molecule has 0 radical (unpaired) electrons. The molecule has 0 saturated heterocycles. The Morgan fingerprint density at radius 1 is 1.24 bits per heavy atom. The third kappa shape index (κ3) is 4.10. The minimum atomic E-state index is -4.31. The Morgan fingerprint density at radius 2 is 2.00 bits per heavy atom. The molecule has 1 nitrogen and oxygen atoms in total. The molecule has 0 aromatic heterocycles. The Labute approximate surface area is 123 Å². The summed E-state index contributed by atoms with van der Waals surface area (Å²) in [6, 6.07) is 4.03. The van der Waals surface area contributed by atoms with Crippen molar-refractivity contribution in [2.75, 3.05) is 0 Å². The van der Waals surface area contributed by atoms with Gasteiger partial charge in [0, 0.05) is 0 Å². The fourth-order valence-corrected chi connectivity index (χ4v) is 2.83. The lowest BCUT2D eigenvalue weighted by molar-refractivity contribution is -0.137. The van der Waals surface area contributed by atoms with Crippen molar-refractivity contribution in [1.29, 1.82) is 0 Å². The van der Waals surface area contributed by atoms with E-state index in [9.17, 15) is 18.3 Å². The molecule has 1 aliphatic carbocycles. The van der Waals surface area contributed by atoms with E-state index in [-0.39, 0.29) is 6.10 Å². The van der Waals surface area contributed by atoms with Gasteiger partial charge in [0.25, 0.3) is 0 Å². The van der Waals surface area contributed by atoms with Crippen LogP contribution in [-0.4, -0.2) is 11.2 Å². The molecule has 1 atom stereocenters. The van der Waals surface area contributed by atoms with Crippen LogP contribution in [0.3, 0.4) is 0 Å². The fraction of sp³-hybridized carbons (Fsp3) is 0.529. The summed E-state index contributed by atoms with van der Waals surface area (Å²) in [6.07, 6.45) is 1.79. The highest BCUT2D eigenvalue weighted by atomic mass is 19.4. The van der Waals surface area contributed by atoms with Crippen LogP contribution >= 0.6 is 0 Å². The van der Waals surface area contributed by atoms with Crippen molar-refractivity contribution in [3.05, 3.63) is 41.0 Å². The molecule has 0 aliphatic heterocycles. The molecule has 0 saturated carbocycles. The number of allylic oxidation sites excluding steroid dienone is 2.